The van der Waals surface area contributed by atoms with Crippen LogP contribution in [0.4, 0.5) is 0 Å². The van der Waals surface area contributed by atoms with E-state index in [-0.39, 0.29) is 27.8 Å². The molecule has 0 spiro atoms. The number of fused-ring (bicyclic) bond motifs is 2. The molecule has 6 rings (SSSR count). The number of carbonyl (C=O) groups excluding carboxylic acids is 1. The SMILES string of the molecule is CC1(C)[C@H]2CC[C@](C)(C2)[C@]1(C)OC(=O)C12CC3CC(CC(C3)C1)C2. The van der Waals surface area contributed by atoms with Gasteiger partial charge in [0.25, 0.3) is 0 Å². The van der Waals surface area contributed by atoms with Gasteiger partial charge in [0.05, 0.1) is 5.41 Å². The number of hydrogen-bond acceptors (Lipinski definition) is 2. The van der Waals surface area contributed by atoms with Crippen molar-refractivity contribution in [3.8, 4) is 0 Å². The molecule has 0 radical (unpaired) electrons. The highest BCUT2D eigenvalue weighted by atomic mass is 16.6. The molecule has 134 valence electrons. The Morgan fingerprint density at radius 2 is 1.42 bits per heavy atom. The lowest BCUT2D eigenvalue weighted by atomic mass is 9.49. The van der Waals surface area contributed by atoms with Gasteiger partial charge in [-0.25, -0.2) is 0 Å². The average Bonchev–Trinajstić information content (AvgIpc) is 2.94. The largest absolute Gasteiger partial charge is 0.458 e. The Labute approximate surface area is 147 Å². The summed E-state index contributed by atoms with van der Waals surface area (Å²) in [4.78, 5) is 13.5. The Morgan fingerprint density at radius 3 is 1.88 bits per heavy atom. The Bertz CT molecular complexity index is 549. The molecule has 0 N–H and O–H groups in total. The molecular formula is C22H34O2. The van der Waals surface area contributed by atoms with Crippen LogP contribution < -0.4 is 0 Å². The third-order valence-corrected chi connectivity index (χ3v) is 9.91. The van der Waals surface area contributed by atoms with Crippen molar-refractivity contribution in [2.45, 2.75) is 91.1 Å². The Balaban J connectivity index is 1.45. The molecule has 3 atom stereocenters. The molecule has 0 aromatic carbocycles. The smallest absolute Gasteiger partial charge is 0.312 e. The molecule has 0 aliphatic heterocycles. The number of ether oxygens (including phenoxy) is 1. The molecule has 6 aliphatic rings. The summed E-state index contributed by atoms with van der Waals surface area (Å²) in [5, 5.41) is 0. The van der Waals surface area contributed by atoms with Crippen LogP contribution in [0.5, 0.6) is 0 Å². The van der Waals surface area contributed by atoms with Crippen molar-refractivity contribution in [1.82, 2.24) is 0 Å². The zero-order chi connectivity index (χ0) is 17.0. The summed E-state index contributed by atoms with van der Waals surface area (Å²) in [5.74, 6) is 3.32. The van der Waals surface area contributed by atoms with Crippen LogP contribution >= 0.6 is 0 Å². The normalized spacial score (nSPS) is 56.7. The van der Waals surface area contributed by atoms with Crippen molar-refractivity contribution < 1.29 is 9.53 Å². The van der Waals surface area contributed by atoms with Crippen LogP contribution in [0.15, 0.2) is 0 Å². The standard InChI is InChI=1S/C22H34O2/c1-19(2)17-5-6-20(3,13-17)21(19,4)24-18(23)22-10-14-7-15(11-22)9-16(8-14)12-22/h14-17H,5-13H2,1-4H3/t14?,15?,16?,17-,20+,21+,22?/m0/s1. The first kappa shape index (κ1) is 15.7. The van der Waals surface area contributed by atoms with Crippen molar-refractivity contribution >= 4 is 5.97 Å². The van der Waals surface area contributed by atoms with Crippen LogP contribution in [0.25, 0.3) is 0 Å². The Hall–Kier alpha value is -0.530. The summed E-state index contributed by atoms with van der Waals surface area (Å²) in [6.07, 6.45) is 11.3. The summed E-state index contributed by atoms with van der Waals surface area (Å²) in [5.41, 5.74) is -0.119. The number of carbonyl (C=O) groups is 1. The topological polar surface area (TPSA) is 26.3 Å². The van der Waals surface area contributed by atoms with Gasteiger partial charge in [0.15, 0.2) is 0 Å². The fraction of sp³-hybridized carbons (Fsp3) is 0.955. The van der Waals surface area contributed by atoms with Gasteiger partial charge in [-0.3, -0.25) is 4.79 Å². The first-order chi connectivity index (χ1) is 11.2. The summed E-state index contributed by atoms with van der Waals surface area (Å²) in [7, 11) is 0. The maximum atomic E-state index is 13.5. The van der Waals surface area contributed by atoms with Crippen molar-refractivity contribution in [2.24, 2.45) is 39.9 Å². The Morgan fingerprint density at radius 1 is 0.875 bits per heavy atom. The van der Waals surface area contributed by atoms with Gasteiger partial charge in [-0.05, 0) is 88.4 Å². The van der Waals surface area contributed by atoms with Gasteiger partial charge in [0.2, 0.25) is 0 Å². The van der Waals surface area contributed by atoms with Crippen LogP contribution in [-0.2, 0) is 9.53 Å². The van der Waals surface area contributed by atoms with Gasteiger partial charge in [-0.1, -0.05) is 20.8 Å². The maximum absolute atomic E-state index is 13.5. The lowest BCUT2D eigenvalue weighted by molar-refractivity contribution is -0.215. The van der Waals surface area contributed by atoms with Crippen molar-refractivity contribution in [3.05, 3.63) is 0 Å². The number of hydrogen-bond donors (Lipinski definition) is 0. The predicted octanol–water partition coefficient (Wildman–Crippen LogP) is 5.35. The van der Waals surface area contributed by atoms with Gasteiger partial charge < -0.3 is 4.74 Å². The molecule has 0 amide bonds. The van der Waals surface area contributed by atoms with E-state index >= 15 is 0 Å². The minimum atomic E-state index is -0.288. The first-order valence-corrected chi connectivity index (χ1v) is 10.4. The zero-order valence-corrected chi connectivity index (χ0v) is 16.0. The van der Waals surface area contributed by atoms with Crippen LogP contribution in [0.3, 0.4) is 0 Å². The van der Waals surface area contributed by atoms with Crippen LogP contribution in [-0.4, -0.2) is 11.6 Å². The third-order valence-electron chi connectivity index (χ3n) is 9.91. The molecule has 6 bridgehead atoms. The van der Waals surface area contributed by atoms with E-state index in [9.17, 15) is 4.79 Å². The summed E-state index contributed by atoms with van der Waals surface area (Å²) < 4.78 is 6.60. The van der Waals surface area contributed by atoms with Gasteiger partial charge in [0.1, 0.15) is 5.60 Å². The van der Waals surface area contributed by atoms with Gasteiger partial charge in [-0.15, -0.1) is 0 Å². The minimum absolute atomic E-state index is 0.109. The molecule has 2 nitrogen and oxygen atoms in total. The summed E-state index contributed by atoms with van der Waals surface area (Å²) >= 11 is 0. The van der Waals surface area contributed by atoms with Crippen molar-refractivity contribution in [2.75, 3.05) is 0 Å². The molecule has 24 heavy (non-hydrogen) atoms. The van der Waals surface area contributed by atoms with Crippen LogP contribution in [0.2, 0.25) is 0 Å². The monoisotopic (exact) mass is 330 g/mol. The van der Waals surface area contributed by atoms with E-state index in [1.165, 1.54) is 38.5 Å². The second kappa shape index (κ2) is 4.41. The fourth-order valence-corrected chi connectivity index (χ4v) is 8.37. The van der Waals surface area contributed by atoms with E-state index in [1.807, 2.05) is 0 Å². The highest BCUT2D eigenvalue weighted by Crippen LogP contribution is 2.70. The Kier molecular flexibility index (Phi) is 2.88. The lowest BCUT2D eigenvalue weighted by Gasteiger charge is -2.57. The number of rotatable bonds is 2. The van der Waals surface area contributed by atoms with E-state index < -0.39 is 0 Å². The second-order valence-corrected chi connectivity index (χ2v) is 11.3. The summed E-state index contributed by atoms with van der Waals surface area (Å²) in [6, 6.07) is 0. The van der Waals surface area contributed by atoms with Gasteiger partial charge in [-0.2, -0.15) is 0 Å². The van der Waals surface area contributed by atoms with E-state index in [0.29, 0.717) is 0 Å². The molecule has 6 saturated carbocycles. The third kappa shape index (κ3) is 1.71. The molecule has 2 heteroatoms. The van der Waals surface area contributed by atoms with Crippen LogP contribution in [0.1, 0.15) is 85.5 Å². The molecular weight excluding hydrogens is 296 g/mol. The van der Waals surface area contributed by atoms with Gasteiger partial charge >= 0.3 is 5.97 Å². The highest BCUT2D eigenvalue weighted by molar-refractivity contribution is 5.78. The summed E-state index contributed by atoms with van der Waals surface area (Å²) in [6.45, 7) is 9.36. The van der Waals surface area contributed by atoms with Gasteiger partial charge in [0, 0.05) is 10.8 Å². The lowest BCUT2D eigenvalue weighted by Crippen LogP contribution is -2.58. The minimum Gasteiger partial charge on any atom is -0.458 e. The molecule has 0 aromatic heterocycles. The maximum Gasteiger partial charge on any atom is 0.312 e. The molecule has 0 heterocycles. The molecule has 6 fully saturated rings. The van der Waals surface area contributed by atoms with E-state index in [0.717, 1.165) is 42.9 Å². The highest BCUT2D eigenvalue weighted by Gasteiger charge is 2.70. The van der Waals surface area contributed by atoms with Crippen molar-refractivity contribution in [1.29, 1.82) is 0 Å². The average molecular weight is 331 g/mol. The van der Waals surface area contributed by atoms with E-state index in [1.54, 1.807) is 0 Å². The second-order valence-electron chi connectivity index (χ2n) is 11.3. The number of esters is 1. The fourth-order valence-electron chi connectivity index (χ4n) is 8.37. The van der Waals surface area contributed by atoms with Crippen molar-refractivity contribution in [3.63, 3.8) is 0 Å². The zero-order valence-electron chi connectivity index (χ0n) is 16.0. The predicted molar refractivity (Wildman–Crippen MR) is 94.3 cm³/mol. The first-order valence-electron chi connectivity index (χ1n) is 10.4. The quantitative estimate of drug-likeness (QED) is 0.638. The molecule has 0 aromatic rings. The molecule has 0 saturated heterocycles. The van der Waals surface area contributed by atoms with E-state index in [2.05, 4.69) is 27.7 Å². The molecule has 0 unspecified atom stereocenters. The van der Waals surface area contributed by atoms with E-state index in [4.69, 9.17) is 4.74 Å². The molecule has 6 aliphatic carbocycles. The van der Waals surface area contributed by atoms with Crippen LogP contribution in [0, 0.1) is 39.9 Å².